The molecule has 0 unspecified atom stereocenters. The highest BCUT2D eigenvalue weighted by atomic mass is 79.9. The van der Waals surface area contributed by atoms with Crippen LogP contribution in [0.5, 0.6) is 0 Å². The van der Waals surface area contributed by atoms with Crippen LogP contribution in [0.4, 0.5) is 11.4 Å². The molecule has 0 heterocycles. The largest absolute Gasteiger partial charge is 0.375 e. The topological polar surface area (TPSA) is 55.2 Å². The zero-order chi connectivity index (χ0) is 14.7. The number of hydrogen-bond donors (Lipinski definition) is 1. The molecule has 0 aliphatic carbocycles. The molecule has 0 saturated carbocycles. The van der Waals surface area contributed by atoms with Crippen molar-refractivity contribution in [1.29, 1.82) is 0 Å². The molecule has 2 aromatic carbocycles. The van der Waals surface area contributed by atoms with Crippen LogP contribution in [0.25, 0.3) is 0 Å². The molecule has 1 N–H and O–H groups in total. The summed E-state index contributed by atoms with van der Waals surface area (Å²) in [7, 11) is 0. The Morgan fingerprint density at radius 3 is 2.45 bits per heavy atom. The minimum Gasteiger partial charge on any atom is -0.375 e. The van der Waals surface area contributed by atoms with Crippen molar-refractivity contribution in [2.75, 3.05) is 5.32 Å². The molecule has 20 heavy (non-hydrogen) atoms. The van der Waals surface area contributed by atoms with E-state index in [1.165, 1.54) is 6.07 Å². The average molecular weight is 376 g/mol. The minimum absolute atomic E-state index is 0.0532. The predicted molar refractivity (Wildman–Crippen MR) is 84.6 cm³/mol. The van der Waals surface area contributed by atoms with Crippen LogP contribution >= 0.6 is 39.1 Å². The molecular weight excluding hydrogens is 367 g/mol. The van der Waals surface area contributed by atoms with Gasteiger partial charge in [0.2, 0.25) is 0 Å². The van der Waals surface area contributed by atoms with Crippen LogP contribution in [0, 0.1) is 10.1 Å². The summed E-state index contributed by atoms with van der Waals surface area (Å²) < 4.78 is 0.842. The van der Waals surface area contributed by atoms with E-state index >= 15 is 0 Å². The third kappa shape index (κ3) is 3.62. The van der Waals surface area contributed by atoms with Crippen molar-refractivity contribution >= 4 is 50.5 Å². The van der Waals surface area contributed by atoms with Gasteiger partial charge in [-0.25, -0.2) is 0 Å². The van der Waals surface area contributed by atoms with Gasteiger partial charge in [0, 0.05) is 27.1 Å². The molecule has 0 aromatic heterocycles. The van der Waals surface area contributed by atoms with E-state index in [-0.39, 0.29) is 5.69 Å². The normalized spacial score (nSPS) is 10.3. The summed E-state index contributed by atoms with van der Waals surface area (Å²) in [4.78, 5) is 10.5. The van der Waals surface area contributed by atoms with Gasteiger partial charge in [0.05, 0.1) is 4.92 Å². The molecule has 0 aliphatic rings. The highest BCUT2D eigenvalue weighted by Gasteiger charge is 2.14. The third-order valence-electron chi connectivity index (χ3n) is 2.64. The first-order valence-electron chi connectivity index (χ1n) is 5.59. The second kappa shape index (κ2) is 6.43. The van der Waals surface area contributed by atoms with E-state index in [1.54, 1.807) is 24.3 Å². The van der Waals surface area contributed by atoms with Crippen molar-refractivity contribution in [2.45, 2.75) is 6.54 Å². The van der Waals surface area contributed by atoms with Gasteiger partial charge in [-0.3, -0.25) is 10.1 Å². The summed E-state index contributed by atoms with van der Waals surface area (Å²) in [6, 6.07) is 9.90. The molecule has 0 saturated heterocycles. The number of nitrogens with zero attached hydrogens (tertiary/aromatic N) is 1. The number of benzene rings is 2. The van der Waals surface area contributed by atoms with E-state index in [4.69, 9.17) is 23.2 Å². The first-order chi connectivity index (χ1) is 9.47. The lowest BCUT2D eigenvalue weighted by molar-refractivity contribution is -0.383. The monoisotopic (exact) mass is 374 g/mol. The number of anilines is 1. The van der Waals surface area contributed by atoms with Crippen molar-refractivity contribution in [3.8, 4) is 0 Å². The number of nitro groups is 1. The first kappa shape index (κ1) is 15.1. The molecule has 0 atom stereocenters. The molecule has 0 amide bonds. The van der Waals surface area contributed by atoms with Crippen LogP contribution in [0.3, 0.4) is 0 Å². The lowest BCUT2D eigenvalue weighted by atomic mass is 10.2. The predicted octanol–water partition coefficient (Wildman–Crippen LogP) is 5.28. The molecule has 0 aliphatic heterocycles. The Labute approximate surface area is 134 Å². The Kier molecular flexibility index (Phi) is 4.86. The summed E-state index contributed by atoms with van der Waals surface area (Å²) in [5.41, 5.74) is 1.31. The number of nitro benzene ring substituents is 1. The van der Waals surface area contributed by atoms with Crippen LogP contribution in [0.15, 0.2) is 40.9 Å². The summed E-state index contributed by atoms with van der Waals surface area (Å²) in [6.07, 6.45) is 0. The van der Waals surface area contributed by atoms with Gasteiger partial charge in [-0.1, -0.05) is 45.2 Å². The Bertz CT molecular complexity index is 665. The van der Waals surface area contributed by atoms with Gasteiger partial charge in [-0.15, -0.1) is 0 Å². The van der Waals surface area contributed by atoms with Crippen LogP contribution in [0.1, 0.15) is 5.56 Å². The summed E-state index contributed by atoms with van der Waals surface area (Å²) in [5, 5.41) is 15.0. The second-order valence-corrected chi connectivity index (χ2v) is 5.74. The van der Waals surface area contributed by atoms with Gasteiger partial charge in [0.15, 0.2) is 0 Å². The van der Waals surface area contributed by atoms with Gasteiger partial charge in [-0.2, -0.15) is 0 Å². The van der Waals surface area contributed by atoms with Crippen LogP contribution in [0.2, 0.25) is 10.0 Å². The molecule has 0 radical (unpaired) electrons. The van der Waals surface area contributed by atoms with E-state index in [2.05, 4.69) is 21.2 Å². The average Bonchev–Trinajstić information content (AvgIpc) is 2.38. The number of nitrogens with one attached hydrogen (secondary N) is 1. The van der Waals surface area contributed by atoms with Crippen molar-refractivity contribution in [3.63, 3.8) is 0 Å². The molecule has 104 valence electrons. The maximum Gasteiger partial charge on any atom is 0.293 e. The molecule has 0 spiro atoms. The minimum atomic E-state index is -0.467. The SMILES string of the molecule is O=[N+]([O-])c1cc(Cl)ccc1NCc1ccc(Cl)cc1Br. The molecule has 0 fully saturated rings. The fourth-order valence-corrected chi connectivity index (χ4v) is 2.65. The van der Waals surface area contributed by atoms with E-state index in [0.717, 1.165) is 10.0 Å². The van der Waals surface area contributed by atoms with Crippen LogP contribution in [-0.2, 0) is 6.54 Å². The number of hydrogen-bond acceptors (Lipinski definition) is 3. The molecule has 4 nitrogen and oxygen atoms in total. The van der Waals surface area contributed by atoms with E-state index in [1.807, 2.05) is 6.07 Å². The van der Waals surface area contributed by atoms with E-state index < -0.39 is 4.92 Å². The fraction of sp³-hybridized carbons (Fsp3) is 0.0769. The summed E-state index contributed by atoms with van der Waals surface area (Å²) >= 11 is 15.0. The maximum absolute atomic E-state index is 11.0. The van der Waals surface area contributed by atoms with Gasteiger partial charge < -0.3 is 5.32 Å². The van der Waals surface area contributed by atoms with Gasteiger partial charge in [-0.05, 0) is 29.8 Å². The highest BCUT2D eigenvalue weighted by molar-refractivity contribution is 9.10. The Hall–Kier alpha value is -1.30. The first-order valence-corrected chi connectivity index (χ1v) is 7.14. The smallest absolute Gasteiger partial charge is 0.293 e. The maximum atomic E-state index is 11.0. The van der Waals surface area contributed by atoms with E-state index in [9.17, 15) is 10.1 Å². The molecule has 0 bridgehead atoms. The Balaban J connectivity index is 2.20. The quantitative estimate of drug-likeness (QED) is 0.584. The van der Waals surface area contributed by atoms with Crippen molar-refractivity contribution in [3.05, 3.63) is 66.6 Å². The lowest BCUT2D eigenvalue weighted by Gasteiger charge is -2.09. The zero-order valence-electron chi connectivity index (χ0n) is 10.1. The van der Waals surface area contributed by atoms with Gasteiger partial charge in [0.25, 0.3) is 5.69 Å². The highest BCUT2D eigenvalue weighted by Crippen LogP contribution is 2.29. The lowest BCUT2D eigenvalue weighted by Crippen LogP contribution is -2.03. The standard InChI is InChI=1S/C13H9BrCl2N2O2/c14-11-5-9(15)2-1-8(11)7-17-12-4-3-10(16)6-13(12)18(19)20/h1-6,17H,7H2. The summed E-state index contributed by atoms with van der Waals surface area (Å²) in [6.45, 7) is 0.431. The van der Waals surface area contributed by atoms with Crippen molar-refractivity contribution in [1.82, 2.24) is 0 Å². The van der Waals surface area contributed by atoms with Crippen molar-refractivity contribution in [2.24, 2.45) is 0 Å². The molecular formula is C13H9BrCl2N2O2. The Morgan fingerprint density at radius 1 is 1.15 bits per heavy atom. The van der Waals surface area contributed by atoms with E-state index in [0.29, 0.717) is 22.3 Å². The molecule has 2 aromatic rings. The fourth-order valence-electron chi connectivity index (χ4n) is 1.66. The third-order valence-corrected chi connectivity index (χ3v) is 3.85. The van der Waals surface area contributed by atoms with Gasteiger partial charge in [0.1, 0.15) is 5.69 Å². The second-order valence-electron chi connectivity index (χ2n) is 4.01. The Morgan fingerprint density at radius 2 is 1.80 bits per heavy atom. The zero-order valence-corrected chi connectivity index (χ0v) is 13.2. The number of rotatable bonds is 4. The molecule has 2 rings (SSSR count). The molecule has 7 heteroatoms. The van der Waals surface area contributed by atoms with Crippen LogP contribution < -0.4 is 5.32 Å². The van der Waals surface area contributed by atoms with Crippen molar-refractivity contribution < 1.29 is 4.92 Å². The van der Waals surface area contributed by atoms with Crippen LogP contribution in [-0.4, -0.2) is 4.92 Å². The van der Waals surface area contributed by atoms with Gasteiger partial charge >= 0.3 is 0 Å². The summed E-state index contributed by atoms with van der Waals surface area (Å²) in [5.74, 6) is 0. The number of halogens is 3.